The molecule has 2 rings (SSSR count). The highest BCUT2D eigenvalue weighted by atomic mass is 16.5. The molecular weight excluding hydrogens is 164 g/mol. The maximum absolute atomic E-state index is 5.62. The molecule has 0 aromatic rings. The first-order valence-corrected chi connectivity index (χ1v) is 5.05. The van der Waals surface area contributed by atoms with E-state index in [0.29, 0.717) is 5.41 Å². The smallest absolute Gasteiger partial charge is 0.111 e. The molecule has 1 saturated carbocycles. The van der Waals surface area contributed by atoms with E-state index in [9.17, 15) is 0 Å². The van der Waals surface area contributed by atoms with Gasteiger partial charge < -0.3 is 4.74 Å². The summed E-state index contributed by atoms with van der Waals surface area (Å²) >= 11 is 0. The number of nitrogens with one attached hydrogen (secondary N) is 1. The summed E-state index contributed by atoms with van der Waals surface area (Å²) in [6, 6.07) is 0.229. The highest BCUT2D eigenvalue weighted by Crippen LogP contribution is 2.50. The van der Waals surface area contributed by atoms with E-state index in [-0.39, 0.29) is 6.04 Å². The molecule has 0 amide bonds. The lowest BCUT2D eigenvalue weighted by molar-refractivity contribution is 0.149. The fourth-order valence-corrected chi connectivity index (χ4v) is 1.89. The van der Waals surface area contributed by atoms with Gasteiger partial charge >= 0.3 is 0 Å². The fourth-order valence-electron chi connectivity index (χ4n) is 1.89. The van der Waals surface area contributed by atoms with Gasteiger partial charge in [0.1, 0.15) is 5.76 Å². The fraction of sp³-hybridized carbons (Fsp3) is 0.800. The molecular formula is C10H18N2O. The first-order chi connectivity index (χ1) is 6.26. The number of allylic oxidation sites excluding steroid dienone is 1. The van der Waals surface area contributed by atoms with Gasteiger partial charge in [-0.1, -0.05) is 6.92 Å². The summed E-state index contributed by atoms with van der Waals surface area (Å²) in [5, 5.41) is 0. The summed E-state index contributed by atoms with van der Waals surface area (Å²) in [4.78, 5) is 0. The van der Waals surface area contributed by atoms with Crippen molar-refractivity contribution >= 4 is 0 Å². The van der Waals surface area contributed by atoms with Crippen molar-refractivity contribution in [2.75, 3.05) is 6.61 Å². The van der Waals surface area contributed by atoms with Gasteiger partial charge in [-0.15, -0.1) is 0 Å². The van der Waals surface area contributed by atoms with Crippen LogP contribution in [0.3, 0.4) is 0 Å². The van der Waals surface area contributed by atoms with Crippen LogP contribution in [0, 0.1) is 5.41 Å². The van der Waals surface area contributed by atoms with E-state index < -0.39 is 0 Å². The van der Waals surface area contributed by atoms with Crippen molar-refractivity contribution in [3.63, 3.8) is 0 Å². The third-order valence-corrected chi connectivity index (χ3v) is 3.15. The maximum atomic E-state index is 5.62. The van der Waals surface area contributed by atoms with Crippen molar-refractivity contribution in [1.82, 2.24) is 5.43 Å². The molecule has 1 fully saturated rings. The van der Waals surface area contributed by atoms with Crippen molar-refractivity contribution in [2.24, 2.45) is 11.3 Å². The third-order valence-electron chi connectivity index (χ3n) is 3.15. The van der Waals surface area contributed by atoms with E-state index in [4.69, 9.17) is 10.6 Å². The van der Waals surface area contributed by atoms with Gasteiger partial charge in [-0.05, 0) is 37.2 Å². The molecule has 0 aromatic carbocycles. The summed E-state index contributed by atoms with van der Waals surface area (Å²) in [5.41, 5.74) is 3.23. The lowest BCUT2D eigenvalue weighted by atomic mass is 9.96. The van der Waals surface area contributed by atoms with Crippen LogP contribution in [0.15, 0.2) is 11.8 Å². The molecule has 0 radical (unpaired) electrons. The van der Waals surface area contributed by atoms with Gasteiger partial charge in [-0.3, -0.25) is 5.84 Å². The second-order valence-electron chi connectivity index (χ2n) is 4.35. The first kappa shape index (κ1) is 9.03. The van der Waals surface area contributed by atoms with E-state index in [0.717, 1.165) is 25.2 Å². The lowest BCUT2D eigenvalue weighted by Crippen LogP contribution is -2.43. The van der Waals surface area contributed by atoms with Gasteiger partial charge in [-0.25, -0.2) is 5.43 Å². The molecule has 1 atom stereocenters. The quantitative estimate of drug-likeness (QED) is 0.511. The molecule has 3 N–H and O–H groups in total. The van der Waals surface area contributed by atoms with Crippen molar-refractivity contribution in [3.05, 3.63) is 11.8 Å². The lowest BCUT2D eigenvalue weighted by Gasteiger charge is -2.27. The number of rotatable bonds is 3. The molecule has 0 saturated heterocycles. The number of hydrogen-bond donors (Lipinski definition) is 2. The molecule has 0 bridgehead atoms. The van der Waals surface area contributed by atoms with E-state index in [1.54, 1.807) is 0 Å². The van der Waals surface area contributed by atoms with Crippen LogP contribution in [0.2, 0.25) is 0 Å². The minimum atomic E-state index is 0.229. The van der Waals surface area contributed by atoms with Crippen LogP contribution in [-0.2, 0) is 4.74 Å². The Balaban J connectivity index is 2.07. The van der Waals surface area contributed by atoms with Crippen molar-refractivity contribution in [2.45, 2.75) is 38.6 Å². The van der Waals surface area contributed by atoms with Crippen LogP contribution in [0.4, 0.5) is 0 Å². The zero-order valence-electron chi connectivity index (χ0n) is 8.18. The Morgan fingerprint density at radius 3 is 2.85 bits per heavy atom. The van der Waals surface area contributed by atoms with Crippen LogP contribution < -0.4 is 11.3 Å². The largest absolute Gasteiger partial charge is 0.497 e. The molecule has 0 aromatic heterocycles. The van der Waals surface area contributed by atoms with Gasteiger partial charge in [-0.2, -0.15) is 0 Å². The van der Waals surface area contributed by atoms with Gasteiger partial charge in [0.05, 0.1) is 12.6 Å². The Morgan fingerprint density at radius 2 is 2.38 bits per heavy atom. The van der Waals surface area contributed by atoms with Crippen molar-refractivity contribution in [1.29, 1.82) is 0 Å². The number of hydrazine groups is 1. The predicted octanol–water partition coefficient (Wildman–Crippen LogP) is 1.31. The van der Waals surface area contributed by atoms with Crippen molar-refractivity contribution < 1.29 is 4.74 Å². The Kier molecular flexibility index (Phi) is 2.30. The zero-order chi connectivity index (χ0) is 9.31. The molecule has 1 aliphatic carbocycles. The average Bonchev–Trinajstić information content (AvgIpc) is 2.87. The predicted molar refractivity (Wildman–Crippen MR) is 51.7 cm³/mol. The van der Waals surface area contributed by atoms with Gasteiger partial charge in [0.25, 0.3) is 0 Å². The summed E-state index contributed by atoms with van der Waals surface area (Å²) < 4.78 is 5.62. The van der Waals surface area contributed by atoms with E-state index in [1.165, 1.54) is 12.8 Å². The Bertz CT molecular complexity index is 221. The molecule has 3 nitrogen and oxygen atoms in total. The molecule has 1 heterocycles. The van der Waals surface area contributed by atoms with E-state index in [1.807, 2.05) is 0 Å². The SMILES string of the molecule is CC1(C(NN)C2=CCCCO2)CC1. The minimum Gasteiger partial charge on any atom is -0.497 e. The molecule has 1 aliphatic heterocycles. The highest BCUT2D eigenvalue weighted by molar-refractivity contribution is 5.15. The van der Waals surface area contributed by atoms with E-state index >= 15 is 0 Å². The van der Waals surface area contributed by atoms with Gasteiger partial charge in [0.2, 0.25) is 0 Å². The van der Waals surface area contributed by atoms with Crippen LogP contribution in [0.1, 0.15) is 32.6 Å². The average molecular weight is 182 g/mol. The second kappa shape index (κ2) is 3.31. The molecule has 1 unspecified atom stereocenters. The van der Waals surface area contributed by atoms with E-state index in [2.05, 4.69) is 18.4 Å². The topological polar surface area (TPSA) is 47.3 Å². The van der Waals surface area contributed by atoms with Crippen LogP contribution in [0.5, 0.6) is 0 Å². The number of nitrogens with two attached hydrogens (primary N) is 1. The van der Waals surface area contributed by atoms with Gasteiger partial charge in [0, 0.05) is 0 Å². The zero-order valence-corrected chi connectivity index (χ0v) is 8.18. The maximum Gasteiger partial charge on any atom is 0.111 e. The Morgan fingerprint density at radius 1 is 1.62 bits per heavy atom. The van der Waals surface area contributed by atoms with Gasteiger partial charge in [0.15, 0.2) is 0 Å². The summed E-state index contributed by atoms with van der Waals surface area (Å²) in [6.07, 6.45) is 6.95. The normalized spacial score (nSPS) is 27.4. The monoisotopic (exact) mass is 182 g/mol. The molecule has 74 valence electrons. The number of ether oxygens (including phenoxy) is 1. The molecule has 3 heteroatoms. The Hall–Kier alpha value is -0.540. The molecule has 2 aliphatic rings. The standard InChI is InChI=1S/C10H18N2O/c1-10(5-6-10)9(12-11)8-4-2-3-7-13-8/h4,9,12H,2-3,5-7,11H2,1H3. The van der Waals surface area contributed by atoms with Crippen molar-refractivity contribution in [3.8, 4) is 0 Å². The second-order valence-corrected chi connectivity index (χ2v) is 4.35. The number of hydrogen-bond acceptors (Lipinski definition) is 3. The van der Waals surface area contributed by atoms with Crippen LogP contribution in [0.25, 0.3) is 0 Å². The summed E-state index contributed by atoms with van der Waals surface area (Å²) in [6.45, 7) is 3.11. The first-order valence-electron chi connectivity index (χ1n) is 5.05. The van der Waals surface area contributed by atoms with Crippen LogP contribution in [-0.4, -0.2) is 12.6 Å². The summed E-state index contributed by atoms with van der Waals surface area (Å²) in [5.74, 6) is 6.62. The van der Waals surface area contributed by atoms with Crippen LogP contribution >= 0.6 is 0 Å². The molecule has 0 spiro atoms. The Labute approximate surface area is 79.3 Å². The minimum absolute atomic E-state index is 0.229. The third kappa shape index (κ3) is 1.71. The highest BCUT2D eigenvalue weighted by Gasteiger charge is 2.46. The summed E-state index contributed by atoms with van der Waals surface area (Å²) in [7, 11) is 0. The molecule has 13 heavy (non-hydrogen) atoms.